The number of ether oxygens (including phenoxy) is 5. The van der Waals surface area contributed by atoms with Gasteiger partial charge >= 0.3 is 23.8 Å². The van der Waals surface area contributed by atoms with Crippen LogP contribution < -0.4 is 9.47 Å². The van der Waals surface area contributed by atoms with Crippen molar-refractivity contribution in [1.29, 1.82) is 0 Å². The highest BCUT2D eigenvalue weighted by Gasteiger charge is 2.39. The van der Waals surface area contributed by atoms with Crippen LogP contribution in [0.15, 0.2) is 61.4 Å². The Labute approximate surface area is 337 Å². The van der Waals surface area contributed by atoms with Crippen molar-refractivity contribution >= 4 is 22.9 Å². The van der Waals surface area contributed by atoms with Crippen molar-refractivity contribution < 1.29 is 72.7 Å². The number of aliphatic hydroxyl groups is 1. The third-order valence-corrected chi connectivity index (χ3v) is 6.97. The molecule has 60 heavy (non-hydrogen) atoms. The predicted octanol–water partition coefficient (Wildman–Crippen LogP) is 6.52. The molecule has 16 nitrogen and oxygen atoms in total. The third-order valence-electron chi connectivity index (χ3n) is 6.80. The highest BCUT2D eigenvalue weighted by atomic mass is 35.5. The minimum atomic E-state index is -4.49. The van der Waals surface area contributed by atoms with E-state index in [1.807, 2.05) is 0 Å². The summed E-state index contributed by atoms with van der Waals surface area (Å²) in [7, 11) is 2.90. The maximum Gasteiger partial charge on any atom is 0.422 e. The Hall–Kier alpha value is -5.57. The van der Waals surface area contributed by atoms with E-state index in [9.17, 15) is 43.9 Å². The fourth-order valence-electron chi connectivity index (χ4n) is 4.25. The molecule has 0 bridgehead atoms. The molecule has 0 aliphatic rings. The number of hydrogen-bond donors (Lipinski definition) is 1. The third kappa shape index (κ3) is 14.3. The average molecular weight is 891 g/mol. The monoisotopic (exact) mass is 890 g/mol. The Morgan fingerprint density at radius 1 is 0.600 bits per heavy atom. The second kappa shape index (κ2) is 21.1. The maximum absolute atomic E-state index is 14.3. The number of alkyl halides is 11. The van der Waals surface area contributed by atoms with E-state index in [0.29, 0.717) is 17.7 Å². The maximum atomic E-state index is 14.3. The molecule has 0 amide bonds. The quantitative estimate of drug-likeness (QED) is 0.0710. The lowest BCUT2D eigenvalue weighted by atomic mass is 10.2. The number of halogens is 11. The smallest absolute Gasteiger partial charge is 0.422 e. The molecule has 0 aliphatic carbocycles. The summed E-state index contributed by atoms with van der Waals surface area (Å²) in [6.45, 7) is -2.78. The number of pyridine rings is 2. The molecule has 0 saturated heterocycles. The highest BCUT2D eigenvalue weighted by molar-refractivity contribution is 6.21. The Morgan fingerprint density at radius 2 is 1.05 bits per heavy atom. The summed E-state index contributed by atoms with van der Waals surface area (Å²) in [6.07, 6.45) is -5.43. The average Bonchev–Trinajstić information content (AvgIpc) is 3.82. The number of aliphatic hydroxyl groups excluding tert-OH is 1. The predicted molar refractivity (Wildman–Crippen MR) is 188 cm³/mol. The van der Waals surface area contributed by atoms with Gasteiger partial charge in [-0.1, -0.05) is 7.43 Å². The van der Waals surface area contributed by atoms with E-state index < -0.39 is 48.7 Å². The molecular weight excluding hydrogens is 858 g/mol. The number of aromatic nitrogens is 10. The summed E-state index contributed by atoms with van der Waals surface area (Å²) in [4.78, 5) is 15.6. The van der Waals surface area contributed by atoms with Crippen LogP contribution in [-0.2, 0) is 25.7 Å². The molecule has 0 saturated carbocycles. The molecule has 0 aliphatic heterocycles. The summed E-state index contributed by atoms with van der Waals surface area (Å²) in [5.41, 5.74) is 1.24. The zero-order chi connectivity index (χ0) is 43.4. The molecule has 0 aromatic carbocycles. The molecule has 6 rings (SSSR count). The van der Waals surface area contributed by atoms with Crippen molar-refractivity contribution in [2.24, 2.45) is 0 Å². The lowest BCUT2D eigenvalue weighted by molar-refractivity contribution is -0.258. The van der Waals surface area contributed by atoms with Crippen LogP contribution in [0, 0.1) is 0 Å². The topological polar surface area (TPSA) is 178 Å². The summed E-state index contributed by atoms with van der Waals surface area (Å²) in [5, 5.41) is 18.1. The van der Waals surface area contributed by atoms with Gasteiger partial charge in [0.1, 0.15) is 0 Å². The molecule has 0 radical (unpaired) electrons. The van der Waals surface area contributed by atoms with Gasteiger partial charge in [-0.05, 0) is 23.7 Å². The van der Waals surface area contributed by atoms with Crippen molar-refractivity contribution in [2.75, 3.05) is 53.9 Å². The fraction of sp³-hybridized carbons (Fsp3) is 0.394. The van der Waals surface area contributed by atoms with E-state index in [4.69, 9.17) is 16.7 Å². The standard InChI is InChI=1S/C16H14F5N5O3.C13H7ClF5N5O.C3H8O2.CH4/c1-27-4-5-29-16(20,21)14-25-24-12-7-22-11(8-26(12)14)10-2-3-13(23-6-10)28-9-15(17,18)19;14-13(18,19)11-23-22-9-4-20-8(5-24(9)11)7-1-2-10(21-3-7)25-6-12(15,16)17;1-5-3-2-4;/h2-3,6-8H,4-5,9H2,1H3;1-5H,6H2;4H,2-3H2,1H3;1H4. The van der Waals surface area contributed by atoms with Gasteiger partial charge in [-0.25, -0.2) is 9.97 Å². The van der Waals surface area contributed by atoms with Crippen LogP contribution in [0.4, 0.5) is 43.9 Å². The molecule has 6 heterocycles. The number of rotatable bonds is 14. The van der Waals surface area contributed by atoms with Gasteiger partial charge in [0.2, 0.25) is 23.4 Å². The zero-order valence-corrected chi connectivity index (χ0v) is 30.9. The summed E-state index contributed by atoms with van der Waals surface area (Å²) < 4.78 is 153. The van der Waals surface area contributed by atoms with Gasteiger partial charge in [0.15, 0.2) is 24.5 Å². The van der Waals surface area contributed by atoms with Gasteiger partial charge < -0.3 is 28.8 Å². The van der Waals surface area contributed by atoms with Crippen molar-refractivity contribution in [3.8, 4) is 34.3 Å². The van der Waals surface area contributed by atoms with Crippen LogP contribution in [0.25, 0.3) is 33.8 Å². The number of fused-ring (bicyclic) bond motifs is 2. The minimum absolute atomic E-state index is 0. The molecule has 0 atom stereocenters. The first kappa shape index (κ1) is 48.8. The van der Waals surface area contributed by atoms with Gasteiger partial charge in [0.25, 0.3) is 0 Å². The normalized spacial score (nSPS) is 12.0. The van der Waals surface area contributed by atoms with Crippen molar-refractivity contribution in [2.45, 2.75) is 31.3 Å². The van der Waals surface area contributed by atoms with E-state index in [-0.39, 0.29) is 61.7 Å². The van der Waals surface area contributed by atoms with E-state index >= 15 is 0 Å². The van der Waals surface area contributed by atoms with Crippen molar-refractivity contribution in [3.63, 3.8) is 0 Å². The molecule has 1 N–H and O–H groups in total. The number of hydrogen-bond acceptors (Lipinski definition) is 14. The largest absolute Gasteiger partial charge is 0.468 e. The van der Waals surface area contributed by atoms with Crippen LogP contribution in [0.3, 0.4) is 0 Å². The molecule has 0 fully saturated rings. The Bertz CT molecular complexity index is 2220. The SMILES string of the molecule is C.COCCO.COCCOC(F)(F)c1nnc2cnc(-c3ccc(OCC(F)(F)F)nc3)cn12.FC(F)(F)COc1ccc(-c2cn3c(C(F)(F)Cl)nnc3cn2)cn1. The first-order valence-corrected chi connectivity index (χ1v) is 16.5. The summed E-state index contributed by atoms with van der Waals surface area (Å²) in [5.74, 6) is -2.02. The van der Waals surface area contributed by atoms with Gasteiger partial charge in [0, 0.05) is 62.3 Å². The van der Waals surface area contributed by atoms with E-state index in [1.165, 1.54) is 68.6 Å². The van der Waals surface area contributed by atoms with Gasteiger partial charge in [-0.3, -0.25) is 18.8 Å². The van der Waals surface area contributed by atoms with Gasteiger partial charge in [-0.2, -0.15) is 43.9 Å². The van der Waals surface area contributed by atoms with Gasteiger partial charge in [-0.15, -0.1) is 20.4 Å². The summed E-state index contributed by atoms with van der Waals surface area (Å²) >= 11 is 4.97. The molecule has 0 unspecified atom stereocenters. The Morgan fingerprint density at radius 3 is 1.42 bits per heavy atom. The fourth-order valence-corrected chi connectivity index (χ4v) is 4.38. The van der Waals surface area contributed by atoms with E-state index in [0.717, 1.165) is 8.80 Å². The molecular formula is C33H33ClF10N10O6. The molecule has 27 heteroatoms. The van der Waals surface area contributed by atoms with Crippen LogP contribution in [0.1, 0.15) is 19.1 Å². The minimum Gasteiger partial charge on any atom is -0.468 e. The zero-order valence-electron chi connectivity index (χ0n) is 30.1. The highest BCUT2D eigenvalue weighted by Crippen LogP contribution is 2.32. The molecule has 6 aromatic heterocycles. The Kier molecular flexibility index (Phi) is 17.2. The second-order valence-corrected chi connectivity index (χ2v) is 11.7. The van der Waals surface area contributed by atoms with E-state index in [1.54, 1.807) is 7.11 Å². The van der Waals surface area contributed by atoms with Crippen molar-refractivity contribution in [1.82, 2.24) is 49.1 Å². The first-order chi connectivity index (χ1) is 27.7. The molecule has 328 valence electrons. The van der Waals surface area contributed by atoms with Crippen LogP contribution in [-0.4, -0.2) is 120 Å². The molecule has 6 aromatic rings. The van der Waals surface area contributed by atoms with Crippen LogP contribution >= 0.6 is 11.6 Å². The number of methoxy groups -OCH3 is 2. The number of nitrogens with zero attached hydrogens (tertiary/aromatic N) is 10. The van der Waals surface area contributed by atoms with E-state index in [2.05, 4.69) is 64.0 Å². The van der Waals surface area contributed by atoms with Crippen LogP contribution in [0.5, 0.6) is 11.8 Å². The second-order valence-electron chi connectivity index (χ2n) is 11.2. The lowest BCUT2D eigenvalue weighted by Gasteiger charge is -2.15. The lowest BCUT2D eigenvalue weighted by Crippen LogP contribution is -2.23. The Balaban J connectivity index is 0.000000286. The van der Waals surface area contributed by atoms with Gasteiger partial charge in [0.05, 0.1) is 50.2 Å². The first-order valence-electron chi connectivity index (χ1n) is 16.2. The van der Waals surface area contributed by atoms with Crippen LogP contribution in [0.2, 0.25) is 0 Å². The molecule has 0 spiro atoms. The summed E-state index contributed by atoms with van der Waals surface area (Å²) in [6, 6.07) is 5.19. The van der Waals surface area contributed by atoms with Crippen molar-refractivity contribution in [3.05, 3.63) is 73.1 Å².